The second-order valence-electron chi connectivity index (χ2n) is 7.22. The quantitative estimate of drug-likeness (QED) is 0.186. The van der Waals surface area contributed by atoms with Crippen molar-refractivity contribution >= 4 is 51.4 Å². The van der Waals surface area contributed by atoms with Gasteiger partial charge < -0.3 is 10.4 Å². The predicted octanol–water partition coefficient (Wildman–Crippen LogP) is 5.22. The zero-order valence-electron chi connectivity index (χ0n) is 18.1. The number of hydrazone groups is 1. The number of thioether (sulfide) groups is 1. The van der Waals surface area contributed by atoms with E-state index in [4.69, 9.17) is 5.11 Å². The van der Waals surface area contributed by atoms with E-state index in [0.717, 1.165) is 23.5 Å². The summed E-state index contributed by atoms with van der Waals surface area (Å²) < 4.78 is 13.7. The highest BCUT2D eigenvalue weighted by Crippen LogP contribution is 2.22. The number of nitrogens with one attached hydrogen (secondary N) is 2. The SMILES string of the molecule is O=C(Nc1ccc(Br)cc1C(=O)NN=Cc1ccc(F)cc1)c1ccc(CSCCCO)cc1. The van der Waals surface area contributed by atoms with Gasteiger partial charge in [-0.15, -0.1) is 0 Å². The molecule has 3 aromatic carbocycles. The molecule has 0 aliphatic rings. The van der Waals surface area contributed by atoms with Crippen molar-refractivity contribution in [1.29, 1.82) is 0 Å². The lowest BCUT2D eigenvalue weighted by molar-refractivity contribution is 0.0956. The number of benzene rings is 3. The topological polar surface area (TPSA) is 90.8 Å². The number of hydrogen-bond donors (Lipinski definition) is 3. The highest BCUT2D eigenvalue weighted by Gasteiger charge is 2.15. The molecular formula is C25H23BrFN3O3S. The summed E-state index contributed by atoms with van der Waals surface area (Å²) in [5.74, 6) is 0.469. The third-order valence-electron chi connectivity index (χ3n) is 4.66. The van der Waals surface area contributed by atoms with Crippen molar-refractivity contribution in [2.45, 2.75) is 12.2 Å². The molecule has 2 amide bonds. The lowest BCUT2D eigenvalue weighted by atomic mass is 10.1. The lowest BCUT2D eigenvalue weighted by Gasteiger charge is -2.11. The van der Waals surface area contributed by atoms with Gasteiger partial charge in [0.15, 0.2) is 0 Å². The number of aliphatic hydroxyl groups excluding tert-OH is 1. The minimum Gasteiger partial charge on any atom is -0.396 e. The van der Waals surface area contributed by atoms with Crippen LogP contribution in [0, 0.1) is 5.82 Å². The number of carbonyl (C=O) groups excluding carboxylic acids is 2. The molecule has 0 bridgehead atoms. The maximum Gasteiger partial charge on any atom is 0.273 e. The summed E-state index contributed by atoms with van der Waals surface area (Å²) in [6.45, 7) is 0.183. The maximum atomic E-state index is 13.0. The second kappa shape index (κ2) is 13.0. The molecule has 0 saturated carbocycles. The zero-order valence-corrected chi connectivity index (χ0v) is 20.5. The smallest absolute Gasteiger partial charge is 0.273 e. The van der Waals surface area contributed by atoms with Crippen molar-refractivity contribution in [3.8, 4) is 0 Å². The first-order valence-electron chi connectivity index (χ1n) is 10.4. The van der Waals surface area contributed by atoms with Crippen molar-refractivity contribution in [3.63, 3.8) is 0 Å². The summed E-state index contributed by atoms with van der Waals surface area (Å²) >= 11 is 5.07. The molecular weight excluding hydrogens is 521 g/mol. The Kier molecular flexibility index (Phi) is 9.81. The molecule has 0 radical (unpaired) electrons. The molecule has 176 valence electrons. The molecule has 9 heteroatoms. The molecule has 0 atom stereocenters. The summed E-state index contributed by atoms with van der Waals surface area (Å²) in [5, 5.41) is 15.5. The van der Waals surface area contributed by atoms with E-state index in [1.807, 2.05) is 12.1 Å². The maximum absolute atomic E-state index is 13.0. The van der Waals surface area contributed by atoms with E-state index < -0.39 is 5.91 Å². The van der Waals surface area contributed by atoms with Crippen LogP contribution in [-0.2, 0) is 5.75 Å². The van der Waals surface area contributed by atoms with Crippen LogP contribution in [0.3, 0.4) is 0 Å². The van der Waals surface area contributed by atoms with E-state index in [2.05, 4.69) is 31.8 Å². The minimum absolute atomic E-state index is 0.183. The van der Waals surface area contributed by atoms with Crippen molar-refractivity contribution < 1.29 is 19.1 Å². The highest BCUT2D eigenvalue weighted by atomic mass is 79.9. The van der Waals surface area contributed by atoms with Gasteiger partial charge in [0, 0.05) is 22.4 Å². The fourth-order valence-corrected chi connectivity index (χ4v) is 4.16. The van der Waals surface area contributed by atoms with Gasteiger partial charge in [-0.2, -0.15) is 16.9 Å². The average Bonchev–Trinajstić information content (AvgIpc) is 2.84. The standard InChI is InChI=1S/C25H23BrFN3O3S/c26-20-8-11-23(22(14-20)25(33)30-28-15-17-4-9-21(27)10-5-17)29-24(32)19-6-2-18(3-7-19)16-34-13-1-12-31/h2-11,14-15,31H,1,12-13,16H2,(H,29,32)(H,30,33). The molecule has 0 spiro atoms. The van der Waals surface area contributed by atoms with Crippen molar-refractivity contribution in [3.05, 3.63) is 99.3 Å². The Balaban J connectivity index is 1.65. The Labute approximate surface area is 209 Å². The summed E-state index contributed by atoms with van der Waals surface area (Å²) in [4.78, 5) is 25.5. The fraction of sp³-hybridized carbons (Fsp3) is 0.160. The van der Waals surface area contributed by atoms with Crippen LogP contribution in [-0.4, -0.2) is 35.5 Å². The van der Waals surface area contributed by atoms with E-state index in [1.54, 1.807) is 42.1 Å². The monoisotopic (exact) mass is 543 g/mol. The van der Waals surface area contributed by atoms with Gasteiger partial charge in [0.2, 0.25) is 0 Å². The van der Waals surface area contributed by atoms with Gasteiger partial charge in [-0.1, -0.05) is 40.2 Å². The number of amides is 2. The van der Waals surface area contributed by atoms with Gasteiger partial charge in [-0.05, 0) is 65.8 Å². The Bertz CT molecular complexity index is 1160. The van der Waals surface area contributed by atoms with Gasteiger partial charge in [0.25, 0.3) is 11.8 Å². The zero-order chi connectivity index (χ0) is 24.3. The Morgan fingerprint density at radius 1 is 1.03 bits per heavy atom. The summed E-state index contributed by atoms with van der Waals surface area (Å²) in [6.07, 6.45) is 2.16. The predicted molar refractivity (Wildman–Crippen MR) is 138 cm³/mol. The summed E-state index contributed by atoms with van der Waals surface area (Å²) in [6, 6.07) is 17.9. The number of aliphatic hydroxyl groups is 1. The molecule has 3 rings (SSSR count). The molecule has 0 saturated heterocycles. The van der Waals surface area contributed by atoms with E-state index in [9.17, 15) is 14.0 Å². The first-order chi connectivity index (χ1) is 16.5. The van der Waals surface area contributed by atoms with Gasteiger partial charge in [-0.3, -0.25) is 9.59 Å². The molecule has 3 N–H and O–H groups in total. The van der Waals surface area contributed by atoms with E-state index in [1.165, 1.54) is 30.5 Å². The number of carbonyl (C=O) groups is 2. The third-order valence-corrected chi connectivity index (χ3v) is 6.26. The van der Waals surface area contributed by atoms with E-state index in [0.29, 0.717) is 21.3 Å². The molecule has 3 aromatic rings. The van der Waals surface area contributed by atoms with Crippen LogP contribution in [0.15, 0.2) is 76.3 Å². The van der Waals surface area contributed by atoms with Crippen molar-refractivity contribution in [1.82, 2.24) is 5.43 Å². The molecule has 0 aliphatic heterocycles. The second-order valence-corrected chi connectivity index (χ2v) is 9.24. The van der Waals surface area contributed by atoms with Crippen LogP contribution < -0.4 is 10.7 Å². The molecule has 34 heavy (non-hydrogen) atoms. The van der Waals surface area contributed by atoms with Crippen molar-refractivity contribution in [2.75, 3.05) is 17.7 Å². The van der Waals surface area contributed by atoms with Gasteiger partial charge in [0.1, 0.15) is 5.82 Å². The van der Waals surface area contributed by atoms with Crippen LogP contribution in [0.5, 0.6) is 0 Å². The van der Waals surface area contributed by atoms with Crippen LogP contribution in [0.4, 0.5) is 10.1 Å². The lowest BCUT2D eigenvalue weighted by Crippen LogP contribution is -2.21. The van der Waals surface area contributed by atoms with E-state index in [-0.39, 0.29) is 23.9 Å². The summed E-state index contributed by atoms with van der Waals surface area (Å²) in [5.41, 5.74) is 5.17. The van der Waals surface area contributed by atoms with E-state index >= 15 is 0 Å². The van der Waals surface area contributed by atoms with Gasteiger partial charge in [-0.25, -0.2) is 9.82 Å². The number of hydrogen-bond acceptors (Lipinski definition) is 5. The number of rotatable bonds is 10. The molecule has 0 unspecified atom stereocenters. The van der Waals surface area contributed by atoms with Crippen LogP contribution in [0.1, 0.15) is 38.3 Å². The van der Waals surface area contributed by atoms with Crippen molar-refractivity contribution in [2.24, 2.45) is 5.10 Å². The normalized spacial score (nSPS) is 10.9. The third kappa shape index (κ3) is 7.79. The number of halogens is 2. The molecule has 0 aliphatic carbocycles. The average molecular weight is 544 g/mol. The molecule has 0 heterocycles. The molecule has 6 nitrogen and oxygen atoms in total. The molecule has 0 fully saturated rings. The van der Waals surface area contributed by atoms with Gasteiger partial charge >= 0.3 is 0 Å². The molecule has 0 aromatic heterocycles. The highest BCUT2D eigenvalue weighted by molar-refractivity contribution is 9.10. The first-order valence-corrected chi connectivity index (χ1v) is 12.4. The Morgan fingerprint density at radius 2 is 1.76 bits per heavy atom. The largest absolute Gasteiger partial charge is 0.396 e. The van der Waals surface area contributed by atoms with Crippen LogP contribution >= 0.6 is 27.7 Å². The first kappa shape index (κ1) is 25.6. The van der Waals surface area contributed by atoms with Gasteiger partial charge in [0.05, 0.1) is 17.5 Å². The summed E-state index contributed by atoms with van der Waals surface area (Å²) in [7, 11) is 0. The number of anilines is 1. The fourth-order valence-electron chi connectivity index (χ4n) is 2.89. The van der Waals surface area contributed by atoms with Crippen LogP contribution in [0.2, 0.25) is 0 Å². The number of nitrogens with zero attached hydrogens (tertiary/aromatic N) is 1. The van der Waals surface area contributed by atoms with Crippen LogP contribution in [0.25, 0.3) is 0 Å². The minimum atomic E-state index is -0.509. The Hall–Kier alpha value is -3.01. The Morgan fingerprint density at radius 3 is 2.47 bits per heavy atom.